The number of carbonyl (C=O) groups excluding carboxylic acids is 2. The van der Waals surface area contributed by atoms with E-state index in [1.165, 1.54) is 0 Å². The standard InChI is InChI=1S/C26H30N4O4.2C2HF3O2/c1-17-12-19(21-6-4-5-7-22(21)28-17)14-34-20-10-8-18(9-11-20)24(32)29-26(13-23(31)30-33)15-25(2,3)27-16-26;2*3-2(4,5)1(6)7/h4-12,27,33H,13-16H2,1-3H3,(H,29,32)(H,30,31);2*(H,6,7). The van der Waals surface area contributed by atoms with Crippen molar-refractivity contribution >= 4 is 34.7 Å². The van der Waals surface area contributed by atoms with Crippen molar-refractivity contribution in [3.8, 4) is 5.75 Å². The second-order valence-electron chi connectivity index (χ2n) is 11.2. The summed E-state index contributed by atoms with van der Waals surface area (Å²) in [6, 6.07) is 16.9. The molecule has 1 aliphatic rings. The predicted molar refractivity (Wildman–Crippen MR) is 156 cm³/mol. The molecule has 0 aliphatic carbocycles. The smallest absolute Gasteiger partial charge is 0.489 e. The second-order valence-corrected chi connectivity index (χ2v) is 11.2. The Morgan fingerprint density at radius 3 is 1.96 bits per heavy atom. The monoisotopic (exact) mass is 690 g/mol. The van der Waals surface area contributed by atoms with E-state index in [-0.39, 0.29) is 17.9 Å². The molecule has 0 spiro atoms. The van der Waals surface area contributed by atoms with Gasteiger partial charge in [0.2, 0.25) is 5.91 Å². The molecular formula is C30H32F6N4O8. The lowest BCUT2D eigenvalue weighted by Crippen LogP contribution is -2.52. The van der Waals surface area contributed by atoms with Crippen LogP contribution in [0, 0.1) is 6.92 Å². The number of carboxylic acid groups (broad SMARTS) is 2. The molecule has 2 amide bonds. The first kappa shape index (κ1) is 39.2. The average molecular weight is 691 g/mol. The van der Waals surface area contributed by atoms with Gasteiger partial charge in [-0.05, 0) is 63.6 Å². The summed E-state index contributed by atoms with van der Waals surface area (Å²) in [5.74, 6) is -5.69. The van der Waals surface area contributed by atoms with Crippen molar-refractivity contribution in [3.63, 3.8) is 0 Å². The first-order valence-corrected chi connectivity index (χ1v) is 13.8. The molecule has 48 heavy (non-hydrogen) atoms. The van der Waals surface area contributed by atoms with Crippen LogP contribution in [0.15, 0.2) is 54.6 Å². The highest BCUT2D eigenvalue weighted by Crippen LogP contribution is 2.31. The molecule has 2 heterocycles. The number of hydrogen-bond donors (Lipinski definition) is 6. The molecule has 2 aromatic carbocycles. The summed E-state index contributed by atoms with van der Waals surface area (Å²) in [5.41, 5.74) is 4.01. The number of aromatic nitrogens is 1. The third-order valence-corrected chi connectivity index (χ3v) is 6.61. The van der Waals surface area contributed by atoms with E-state index in [1.807, 2.05) is 51.1 Å². The largest absolute Gasteiger partial charge is 0.490 e. The number of carboxylic acids is 2. The molecule has 1 unspecified atom stereocenters. The van der Waals surface area contributed by atoms with E-state index in [0.29, 0.717) is 30.9 Å². The number of ether oxygens (including phenoxy) is 1. The summed E-state index contributed by atoms with van der Waals surface area (Å²) < 4.78 is 69.5. The third kappa shape index (κ3) is 12.0. The summed E-state index contributed by atoms with van der Waals surface area (Å²) in [6.45, 7) is 6.80. The van der Waals surface area contributed by atoms with Crippen LogP contribution in [-0.4, -0.2) is 74.1 Å². The summed E-state index contributed by atoms with van der Waals surface area (Å²) in [4.78, 5) is 47.2. The van der Waals surface area contributed by atoms with Gasteiger partial charge in [-0.1, -0.05) is 18.2 Å². The summed E-state index contributed by atoms with van der Waals surface area (Å²) in [5, 5.41) is 30.6. The fourth-order valence-corrected chi connectivity index (χ4v) is 4.67. The summed E-state index contributed by atoms with van der Waals surface area (Å²) in [6.07, 6.45) is -9.63. The van der Waals surface area contributed by atoms with Crippen LogP contribution in [0.1, 0.15) is 48.3 Å². The van der Waals surface area contributed by atoms with Crippen molar-refractivity contribution in [1.29, 1.82) is 0 Å². The van der Waals surface area contributed by atoms with E-state index in [9.17, 15) is 35.9 Å². The van der Waals surface area contributed by atoms with Crippen LogP contribution in [0.3, 0.4) is 0 Å². The lowest BCUT2D eigenvalue weighted by atomic mass is 9.86. The molecule has 1 fully saturated rings. The third-order valence-electron chi connectivity index (χ3n) is 6.61. The maximum absolute atomic E-state index is 13.0. The number of nitrogens with zero attached hydrogens (tertiary/aromatic N) is 1. The number of aryl methyl sites for hydroxylation is 1. The number of hydroxylamine groups is 1. The van der Waals surface area contributed by atoms with Gasteiger partial charge in [0, 0.05) is 34.3 Å². The Morgan fingerprint density at radius 1 is 0.938 bits per heavy atom. The van der Waals surface area contributed by atoms with Gasteiger partial charge < -0.3 is 25.6 Å². The van der Waals surface area contributed by atoms with Crippen molar-refractivity contribution in [2.75, 3.05) is 6.54 Å². The Balaban J connectivity index is 0.000000479. The number of hydrogen-bond acceptors (Lipinski definition) is 8. The molecule has 1 aromatic heterocycles. The van der Waals surface area contributed by atoms with Gasteiger partial charge in [0.15, 0.2) is 0 Å². The summed E-state index contributed by atoms with van der Waals surface area (Å²) in [7, 11) is 0. The topological polar surface area (TPSA) is 187 Å². The Hall–Kier alpha value is -4.97. The Kier molecular flexibility index (Phi) is 12.9. The van der Waals surface area contributed by atoms with Crippen molar-refractivity contribution < 1.29 is 65.7 Å². The molecule has 12 nitrogen and oxygen atoms in total. The molecule has 6 N–H and O–H groups in total. The molecular weight excluding hydrogens is 658 g/mol. The van der Waals surface area contributed by atoms with E-state index >= 15 is 0 Å². The number of rotatable bonds is 7. The van der Waals surface area contributed by atoms with Crippen LogP contribution in [-0.2, 0) is 21.0 Å². The van der Waals surface area contributed by atoms with E-state index in [1.54, 1.807) is 29.7 Å². The van der Waals surface area contributed by atoms with Crippen LogP contribution >= 0.6 is 0 Å². The first-order chi connectivity index (χ1) is 22.1. The molecule has 3 aromatic rings. The number of nitrogens with one attached hydrogen (secondary N) is 3. The van der Waals surface area contributed by atoms with Gasteiger partial charge in [-0.15, -0.1) is 0 Å². The van der Waals surface area contributed by atoms with E-state index in [4.69, 9.17) is 29.7 Å². The zero-order valence-corrected chi connectivity index (χ0v) is 25.6. The lowest BCUT2D eigenvalue weighted by molar-refractivity contribution is -0.193. The number of carbonyl (C=O) groups is 4. The first-order valence-electron chi connectivity index (χ1n) is 13.8. The Labute approximate surface area is 269 Å². The van der Waals surface area contributed by atoms with E-state index in [2.05, 4.69) is 15.6 Å². The number of para-hydroxylation sites is 1. The van der Waals surface area contributed by atoms with E-state index in [0.717, 1.165) is 22.2 Å². The molecule has 0 saturated carbocycles. The quantitative estimate of drug-likeness (QED) is 0.117. The van der Waals surface area contributed by atoms with Crippen LogP contribution in [0.5, 0.6) is 5.75 Å². The summed E-state index contributed by atoms with van der Waals surface area (Å²) >= 11 is 0. The molecule has 0 radical (unpaired) electrons. The van der Waals surface area contributed by atoms with Gasteiger partial charge >= 0.3 is 24.3 Å². The fourth-order valence-electron chi connectivity index (χ4n) is 4.67. The van der Waals surface area contributed by atoms with Gasteiger partial charge in [-0.2, -0.15) is 26.3 Å². The average Bonchev–Trinajstić information content (AvgIpc) is 3.28. The molecule has 1 atom stereocenters. The van der Waals surface area contributed by atoms with Crippen LogP contribution in [0.4, 0.5) is 26.3 Å². The van der Waals surface area contributed by atoms with Crippen molar-refractivity contribution in [2.24, 2.45) is 0 Å². The van der Waals surface area contributed by atoms with Crippen molar-refractivity contribution in [2.45, 2.75) is 63.7 Å². The van der Waals surface area contributed by atoms with Crippen LogP contribution in [0.2, 0.25) is 0 Å². The molecule has 18 heteroatoms. The molecule has 4 rings (SSSR count). The number of benzene rings is 2. The fraction of sp³-hybridized carbons (Fsp3) is 0.367. The SMILES string of the molecule is Cc1cc(COc2ccc(C(=O)NC3(CC(=O)NO)CNC(C)(C)C3)cc2)c2ccccc2n1.O=C(O)C(F)(F)F.O=C(O)C(F)(F)F. The second kappa shape index (κ2) is 15.7. The highest BCUT2D eigenvalue weighted by Gasteiger charge is 2.45. The number of amides is 2. The Morgan fingerprint density at radius 2 is 1.48 bits per heavy atom. The highest BCUT2D eigenvalue weighted by molar-refractivity contribution is 5.95. The van der Waals surface area contributed by atoms with Crippen molar-refractivity contribution in [3.05, 3.63) is 71.4 Å². The maximum Gasteiger partial charge on any atom is 0.490 e. The lowest BCUT2D eigenvalue weighted by Gasteiger charge is -2.30. The number of pyridine rings is 1. The highest BCUT2D eigenvalue weighted by atomic mass is 19.4. The normalized spacial score (nSPS) is 16.8. The minimum Gasteiger partial charge on any atom is -0.489 e. The van der Waals surface area contributed by atoms with Crippen molar-refractivity contribution in [1.82, 2.24) is 21.1 Å². The van der Waals surface area contributed by atoms with Crippen LogP contribution < -0.4 is 20.9 Å². The number of halogens is 6. The predicted octanol–water partition coefficient (Wildman–Crippen LogP) is 4.52. The zero-order chi connectivity index (χ0) is 36.5. The number of alkyl halides is 6. The maximum atomic E-state index is 13.0. The van der Waals surface area contributed by atoms with E-state index < -0.39 is 35.7 Å². The Bertz CT molecular complexity index is 1590. The molecule has 0 bridgehead atoms. The number of aliphatic carboxylic acids is 2. The van der Waals surface area contributed by atoms with Gasteiger partial charge in [0.1, 0.15) is 12.4 Å². The minimum atomic E-state index is -5.08. The molecule has 1 saturated heterocycles. The van der Waals surface area contributed by atoms with Gasteiger partial charge in [-0.25, -0.2) is 15.1 Å². The van der Waals surface area contributed by atoms with Crippen LogP contribution in [0.25, 0.3) is 10.9 Å². The van der Waals surface area contributed by atoms with Gasteiger partial charge in [0.25, 0.3) is 5.91 Å². The zero-order valence-electron chi connectivity index (χ0n) is 25.6. The number of fused-ring (bicyclic) bond motifs is 1. The van der Waals surface area contributed by atoms with Gasteiger partial charge in [-0.3, -0.25) is 19.8 Å². The minimum absolute atomic E-state index is 0.0217. The molecule has 262 valence electrons. The van der Waals surface area contributed by atoms with Gasteiger partial charge in [0.05, 0.1) is 17.5 Å². The molecule has 1 aliphatic heterocycles.